The van der Waals surface area contributed by atoms with Gasteiger partial charge in [-0.15, -0.1) is 26.3 Å². The highest BCUT2D eigenvalue weighted by atomic mass is 19.4. The van der Waals surface area contributed by atoms with E-state index in [4.69, 9.17) is 0 Å². The number of hydrogen-bond donors (Lipinski definition) is 1. The molecule has 1 saturated carbocycles. The van der Waals surface area contributed by atoms with Crippen LogP contribution >= 0.6 is 0 Å². The quantitative estimate of drug-likeness (QED) is 0.458. The number of carbonyl (C=O) groups excluding carboxylic acids is 1. The molecule has 2 heterocycles. The molecule has 4 rings (SSSR count). The molecule has 1 fully saturated rings. The summed E-state index contributed by atoms with van der Waals surface area (Å²) in [6.45, 7) is 0. The SMILES string of the molecule is O=C(c1ccc2[nH]c(=O)c3cnc(C4CCCCC4)n3c2c1)N(C(F)(F)F)C(F)(F)F. The average Bonchev–Trinajstić information content (AvgIpc) is 3.12. The first-order valence-electron chi connectivity index (χ1n) is 9.50. The smallest absolute Gasteiger partial charge is 0.319 e. The van der Waals surface area contributed by atoms with Crippen LogP contribution in [0.25, 0.3) is 16.6 Å². The summed E-state index contributed by atoms with van der Waals surface area (Å²) >= 11 is 0. The summed E-state index contributed by atoms with van der Waals surface area (Å²) in [5.41, 5.74) is -0.967. The van der Waals surface area contributed by atoms with Crippen molar-refractivity contribution in [3.63, 3.8) is 0 Å². The van der Waals surface area contributed by atoms with E-state index in [0.29, 0.717) is 5.82 Å². The minimum atomic E-state index is -5.95. The Kier molecular flexibility index (Phi) is 4.97. The van der Waals surface area contributed by atoms with Crippen molar-refractivity contribution in [3.8, 4) is 0 Å². The van der Waals surface area contributed by atoms with Crippen molar-refractivity contribution in [1.82, 2.24) is 19.3 Å². The van der Waals surface area contributed by atoms with E-state index in [9.17, 15) is 35.9 Å². The van der Waals surface area contributed by atoms with Crippen molar-refractivity contribution < 1.29 is 31.1 Å². The fourth-order valence-electron chi connectivity index (χ4n) is 4.07. The summed E-state index contributed by atoms with van der Waals surface area (Å²) in [6, 6.07) is 2.84. The number of aromatic amines is 1. The number of halogens is 6. The van der Waals surface area contributed by atoms with Crippen LogP contribution in [-0.2, 0) is 0 Å². The Balaban J connectivity index is 1.91. The van der Waals surface area contributed by atoms with Crippen LogP contribution in [0.1, 0.15) is 54.2 Å². The molecule has 31 heavy (non-hydrogen) atoms. The standard InChI is InChI=1S/C19H16F6N4O2/c20-18(21,22)29(19(23,24)25)17(31)11-6-7-12-13(8-11)28-14(16(30)27-12)9-26-15(28)10-4-2-1-3-5-10/h6-10H,1-5H2,(H,27,30). The highest BCUT2D eigenvalue weighted by molar-refractivity contribution is 5.98. The van der Waals surface area contributed by atoms with Gasteiger partial charge in [0, 0.05) is 11.5 Å². The second-order valence-corrected chi connectivity index (χ2v) is 7.43. The van der Waals surface area contributed by atoms with Gasteiger partial charge in [0.1, 0.15) is 11.3 Å². The molecule has 166 valence electrons. The predicted molar refractivity (Wildman–Crippen MR) is 97.4 cm³/mol. The fraction of sp³-hybridized carbons (Fsp3) is 0.421. The average molecular weight is 446 g/mol. The fourth-order valence-corrected chi connectivity index (χ4v) is 4.07. The molecule has 0 unspecified atom stereocenters. The van der Waals surface area contributed by atoms with Crippen molar-refractivity contribution in [1.29, 1.82) is 0 Å². The number of fused-ring (bicyclic) bond motifs is 3. The molecule has 0 atom stereocenters. The summed E-state index contributed by atoms with van der Waals surface area (Å²) in [7, 11) is 0. The molecular formula is C19H16F6N4O2. The molecule has 1 aliphatic rings. The molecule has 6 nitrogen and oxygen atoms in total. The van der Waals surface area contributed by atoms with Gasteiger partial charge in [-0.2, -0.15) is 4.90 Å². The Labute approximate surface area is 170 Å². The highest BCUT2D eigenvalue weighted by Gasteiger charge is 2.57. The molecule has 2 aromatic heterocycles. The maximum Gasteiger partial charge on any atom is 0.494 e. The molecule has 1 aromatic carbocycles. The van der Waals surface area contributed by atoms with Gasteiger partial charge in [0.05, 0.1) is 17.2 Å². The van der Waals surface area contributed by atoms with Crippen LogP contribution in [0.15, 0.2) is 29.2 Å². The minimum Gasteiger partial charge on any atom is -0.319 e. The molecule has 0 radical (unpaired) electrons. The molecule has 1 aliphatic carbocycles. The maximum atomic E-state index is 13.0. The van der Waals surface area contributed by atoms with Gasteiger partial charge in [-0.05, 0) is 31.0 Å². The van der Waals surface area contributed by atoms with Crippen LogP contribution in [-0.4, -0.2) is 37.8 Å². The van der Waals surface area contributed by atoms with Gasteiger partial charge >= 0.3 is 12.6 Å². The number of imidazole rings is 1. The van der Waals surface area contributed by atoms with Crippen LogP contribution in [0, 0.1) is 0 Å². The largest absolute Gasteiger partial charge is 0.494 e. The van der Waals surface area contributed by atoms with Gasteiger partial charge in [0.25, 0.3) is 11.5 Å². The number of hydrogen-bond acceptors (Lipinski definition) is 3. The van der Waals surface area contributed by atoms with Crippen LogP contribution in [0.4, 0.5) is 26.3 Å². The van der Waals surface area contributed by atoms with Gasteiger partial charge < -0.3 is 4.98 Å². The lowest BCUT2D eigenvalue weighted by Crippen LogP contribution is -2.51. The van der Waals surface area contributed by atoms with E-state index in [1.165, 1.54) is 10.6 Å². The summed E-state index contributed by atoms with van der Waals surface area (Å²) in [6.07, 6.45) is -6.07. The van der Waals surface area contributed by atoms with Gasteiger partial charge in [0.15, 0.2) is 0 Å². The number of carbonyl (C=O) groups is 1. The van der Waals surface area contributed by atoms with Crippen molar-refractivity contribution in [2.75, 3.05) is 0 Å². The zero-order valence-electron chi connectivity index (χ0n) is 15.8. The van der Waals surface area contributed by atoms with Crippen LogP contribution < -0.4 is 5.56 Å². The normalized spacial score (nSPS) is 16.2. The van der Waals surface area contributed by atoms with Crippen LogP contribution in [0.5, 0.6) is 0 Å². The third-order valence-corrected chi connectivity index (χ3v) is 5.44. The van der Waals surface area contributed by atoms with E-state index in [0.717, 1.165) is 50.3 Å². The Hall–Kier alpha value is -3.05. The number of nitrogens with zero attached hydrogens (tertiary/aromatic N) is 3. The summed E-state index contributed by atoms with van der Waals surface area (Å²) in [5.74, 6) is -1.78. The molecule has 0 bridgehead atoms. The van der Waals surface area contributed by atoms with E-state index in [-0.39, 0.29) is 22.5 Å². The monoisotopic (exact) mass is 446 g/mol. The summed E-state index contributed by atoms with van der Waals surface area (Å²) in [4.78, 5) is 29.3. The lowest BCUT2D eigenvalue weighted by Gasteiger charge is -2.26. The second-order valence-electron chi connectivity index (χ2n) is 7.43. The Bertz CT molecular complexity index is 1190. The van der Waals surface area contributed by atoms with Gasteiger partial charge in [-0.1, -0.05) is 19.3 Å². The van der Waals surface area contributed by atoms with E-state index < -0.39 is 34.5 Å². The van der Waals surface area contributed by atoms with Crippen molar-refractivity contribution in [2.24, 2.45) is 0 Å². The minimum absolute atomic E-state index is 0.0116. The van der Waals surface area contributed by atoms with E-state index in [2.05, 4.69) is 9.97 Å². The first-order chi connectivity index (χ1) is 14.5. The van der Waals surface area contributed by atoms with E-state index in [1.807, 2.05) is 0 Å². The Morgan fingerprint density at radius 2 is 1.68 bits per heavy atom. The summed E-state index contributed by atoms with van der Waals surface area (Å²) in [5, 5.41) is 0. The van der Waals surface area contributed by atoms with Gasteiger partial charge in [-0.3, -0.25) is 14.0 Å². The number of benzene rings is 1. The van der Waals surface area contributed by atoms with E-state index >= 15 is 0 Å². The number of H-pyrrole nitrogens is 1. The zero-order valence-corrected chi connectivity index (χ0v) is 15.8. The second kappa shape index (κ2) is 7.27. The first-order valence-corrected chi connectivity index (χ1v) is 9.50. The molecule has 1 amide bonds. The molecule has 0 aliphatic heterocycles. The topological polar surface area (TPSA) is 70.5 Å². The zero-order chi connectivity index (χ0) is 22.6. The molecule has 1 N–H and O–H groups in total. The predicted octanol–water partition coefficient (Wildman–Crippen LogP) is 4.71. The highest BCUT2D eigenvalue weighted by Crippen LogP contribution is 2.36. The van der Waals surface area contributed by atoms with Crippen LogP contribution in [0.3, 0.4) is 0 Å². The van der Waals surface area contributed by atoms with Gasteiger partial charge in [0.2, 0.25) is 0 Å². The third-order valence-electron chi connectivity index (χ3n) is 5.44. The molecule has 0 saturated heterocycles. The lowest BCUT2D eigenvalue weighted by molar-refractivity contribution is -0.348. The Morgan fingerprint density at radius 3 is 2.29 bits per heavy atom. The number of aromatic nitrogens is 3. The lowest BCUT2D eigenvalue weighted by atomic mass is 9.88. The number of amides is 1. The first kappa shape index (κ1) is 21.2. The number of nitrogens with one attached hydrogen (secondary N) is 1. The molecule has 12 heteroatoms. The van der Waals surface area contributed by atoms with Crippen molar-refractivity contribution >= 4 is 22.5 Å². The maximum absolute atomic E-state index is 13.0. The van der Waals surface area contributed by atoms with Gasteiger partial charge in [-0.25, -0.2) is 4.98 Å². The van der Waals surface area contributed by atoms with E-state index in [1.54, 1.807) is 0 Å². The van der Waals surface area contributed by atoms with Crippen molar-refractivity contribution in [3.05, 3.63) is 46.1 Å². The summed E-state index contributed by atoms with van der Waals surface area (Å²) < 4.78 is 79.1. The number of alkyl halides is 6. The molecule has 0 spiro atoms. The molecule has 3 aromatic rings. The van der Waals surface area contributed by atoms with Crippen LogP contribution in [0.2, 0.25) is 0 Å². The Morgan fingerprint density at radius 1 is 1.03 bits per heavy atom. The van der Waals surface area contributed by atoms with Crippen molar-refractivity contribution in [2.45, 2.75) is 50.6 Å². The third kappa shape index (κ3) is 3.74. The molecular weight excluding hydrogens is 430 g/mol. The number of rotatable bonds is 2.